The molecule has 0 amide bonds. The van der Waals surface area contributed by atoms with Gasteiger partial charge in [0.05, 0.1) is 5.39 Å². The highest BCUT2D eigenvalue weighted by Gasteiger charge is 2.14. The van der Waals surface area contributed by atoms with Crippen LogP contribution in [-0.2, 0) is 9.53 Å². The number of ether oxygens (including phenoxy) is 1. The fourth-order valence-electron chi connectivity index (χ4n) is 2.13. The van der Waals surface area contributed by atoms with E-state index in [2.05, 4.69) is 29.9 Å². The Morgan fingerprint density at radius 1 is 1.27 bits per heavy atom. The SMILES string of the molecule is CC(C)(C)OC=O.c1nc(N2CCNCC2)c2cc[nH]c2n1. The van der Waals surface area contributed by atoms with Crippen LogP contribution in [0.15, 0.2) is 18.6 Å². The Bertz CT molecular complexity index is 599. The number of carbonyl (C=O) groups excluding carboxylic acids is 1. The van der Waals surface area contributed by atoms with Crippen molar-refractivity contribution in [3.8, 4) is 0 Å². The number of aromatic amines is 1. The van der Waals surface area contributed by atoms with Crippen molar-refractivity contribution in [1.82, 2.24) is 20.3 Å². The van der Waals surface area contributed by atoms with Gasteiger partial charge in [0.1, 0.15) is 23.4 Å². The molecule has 1 aliphatic rings. The van der Waals surface area contributed by atoms with Crippen molar-refractivity contribution in [2.75, 3.05) is 31.1 Å². The van der Waals surface area contributed by atoms with Crippen LogP contribution in [0.5, 0.6) is 0 Å². The molecule has 0 bridgehead atoms. The van der Waals surface area contributed by atoms with Gasteiger partial charge in [-0.3, -0.25) is 4.79 Å². The molecular formula is C15H23N5O2. The average molecular weight is 305 g/mol. The van der Waals surface area contributed by atoms with Crippen molar-refractivity contribution in [3.63, 3.8) is 0 Å². The first kappa shape index (κ1) is 16.2. The highest BCUT2D eigenvalue weighted by Crippen LogP contribution is 2.21. The molecule has 1 fully saturated rings. The Kier molecular flexibility index (Phi) is 5.32. The van der Waals surface area contributed by atoms with Gasteiger partial charge in [-0.25, -0.2) is 9.97 Å². The average Bonchev–Trinajstić information content (AvgIpc) is 2.96. The summed E-state index contributed by atoms with van der Waals surface area (Å²) >= 11 is 0. The van der Waals surface area contributed by atoms with Crippen LogP contribution in [0, 0.1) is 0 Å². The first-order chi connectivity index (χ1) is 10.5. The summed E-state index contributed by atoms with van der Waals surface area (Å²) in [5.41, 5.74) is 0.598. The van der Waals surface area contributed by atoms with Gasteiger partial charge < -0.3 is 19.9 Å². The number of carbonyl (C=O) groups is 1. The molecule has 7 heteroatoms. The number of H-pyrrole nitrogens is 1. The molecule has 0 unspecified atom stereocenters. The second kappa shape index (κ2) is 7.22. The quantitative estimate of drug-likeness (QED) is 0.814. The summed E-state index contributed by atoms with van der Waals surface area (Å²) in [5.74, 6) is 1.04. The summed E-state index contributed by atoms with van der Waals surface area (Å²) in [7, 11) is 0. The minimum atomic E-state index is -0.318. The highest BCUT2D eigenvalue weighted by molar-refractivity contribution is 5.87. The molecule has 0 radical (unpaired) electrons. The Morgan fingerprint density at radius 2 is 2.00 bits per heavy atom. The van der Waals surface area contributed by atoms with E-state index in [1.54, 1.807) is 6.33 Å². The lowest BCUT2D eigenvalue weighted by Gasteiger charge is -2.28. The summed E-state index contributed by atoms with van der Waals surface area (Å²) in [6.45, 7) is 9.99. The van der Waals surface area contributed by atoms with E-state index in [0.29, 0.717) is 6.47 Å². The molecule has 2 N–H and O–H groups in total. The molecule has 0 spiro atoms. The fraction of sp³-hybridized carbons (Fsp3) is 0.533. The van der Waals surface area contributed by atoms with Gasteiger partial charge in [0.2, 0.25) is 0 Å². The lowest BCUT2D eigenvalue weighted by molar-refractivity contribution is -0.138. The summed E-state index contributed by atoms with van der Waals surface area (Å²) in [6.07, 6.45) is 3.53. The Morgan fingerprint density at radius 3 is 2.59 bits per heavy atom. The van der Waals surface area contributed by atoms with Gasteiger partial charge in [-0.1, -0.05) is 0 Å². The number of nitrogens with one attached hydrogen (secondary N) is 2. The number of piperazine rings is 1. The first-order valence-corrected chi connectivity index (χ1v) is 7.36. The third kappa shape index (κ3) is 4.42. The molecule has 22 heavy (non-hydrogen) atoms. The standard InChI is InChI=1S/C10H13N5.C5H10O2/c1-2-12-9-8(1)10(14-7-13-9)15-5-3-11-4-6-15;1-5(2,3)7-4-6/h1-2,7,11H,3-6H2,(H,12,13,14);4H,1-3H3. The molecule has 1 saturated heterocycles. The largest absolute Gasteiger partial charge is 0.462 e. The maximum atomic E-state index is 9.60. The zero-order valence-electron chi connectivity index (χ0n) is 13.3. The van der Waals surface area contributed by atoms with Crippen LogP contribution in [0.4, 0.5) is 5.82 Å². The molecule has 7 nitrogen and oxygen atoms in total. The van der Waals surface area contributed by atoms with Crippen LogP contribution in [0.1, 0.15) is 20.8 Å². The minimum Gasteiger partial charge on any atom is -0.462 e. The fourth-order valence-corrected chi connectivity index (χ4v) is 2.13. The molecule has 0 aromatic carbocycles. The number of nitrogens with zero attached hydrogens (tertiary/aromatic N) is 3. The van der Waals surface area contributed by atoms with E-state index < -0.39 is 0 Å². The third-order valence-electron chi connectivity index (χ3n) is 3.15. The topological polar surface area (TPSA) is 83.1 Å². The summed E-state index contributed by atoms with van der Waals surface area (Å²) in [4.78, 5) is 23.6. The molecule has 0 atom stereocenters. The van der Waals surface area contributed by atoms with Crippen molar-refractivity contribution < 1.29 is 9.53 Å². The van der Waals surface area contributed by atoms with E-state index in [9.17, 15) is 4.79 Å². The van der Waals surface area contributed by atoms with Crippen molar-refractivity contribution in [1.29, 1.82) is 0 Å². The van der Waals surface area contributed by atoms with E-state index in [1.165, 1.54) is 0 Å². The van der Waals surface area contributed by atoms with Crippen molar-refractivity contribution in [2.45, 2.75) is 26.4 Å². The Labute approximate surface area is 130 Å². The molecule has 120 valence electrons. The molecule has 1 aliphatic heterocycles. The van der Waals surface area contributed by atoms with Crippen molar-refractivity contribution in [2.24, 2.45) is 0 Å². The minimum absolute atomic E-state index is 0.318. The van der Waals surface area contributed by atoms with Crippen molar-refractivity contribution in [3.05, 3.63) is 18.6 Å². The number of hydrogen-bond donors (Lipinski definition) is 2. The summed E-state index contributed by atoms with van der Waals surface area (Å²) in [5, 5.41) is 4.44. The normalized spacial score (nSPS) is 15.1. The number of fused-ring (bicyclic) bond motifs is 1. The monoisotopic (exact) mass is 305 g/mol. The van der Waals surface area contributed by atoms with Gasteiger partial charge in [0.15, 0.2) is 0 Å². The van der Waals surface area contributed by atoms with E-state index in [1.807, 2.05) is 33.0 Å². The van der Waals surface area contributed by atoms with Gasteiger partial charge in [0.25, 0.3) is 6.47 Å². The lowest BCUT2D eigenvalue weighted by atomic mass is 10.2. The van der Waals surface area contributed by atoms with E-state index in [-0.39, 0.29) is 5.60 Å². The number of anilines is 1. The molecule has 2 aromatic rings. The Hall–Kier alpha value is -2.15. The van der Waals surface area contributed by atoms with Crippen LogP contribution < -0.4 is 10.2 Å². The van der Waals surface area contributed by atoms with E-state index in [0.717, 1.165) is 43.0 Å². The summed E-state index contributed by atoms with van der Waals surface area (Å²) in [6, 6.07) is 2.03. The maximum Gasteiger partial charge on any atom is 0.293 e. The van der Waals surface area contributed by atoms with Gasteiger partial charge in [0, 0.05) is 32.4 Å². The number of hydrogen-bond acceptors (Lipinski definition) is 6. The van der Waals surface area contributed by atoms with Crippen LogP contribution >= 0.6 is 0 Å². The zero-order valence-corrected chi connectivity index (χ0v) is 13.3. The predicted molar refractivity (Wildman–Crippen MR) is 85.9 cm³/mol. The van der Waals surface area contributed by atoms with E-state index in [4.69, 9.17) is 0 Å². The van der Waals surface area contributed by atoms with Gasteiger partial charge >= 0.3 is 0 Å². The van der Waals surface area contributed by atoms with Crippen LogP contribution in [0.2, 0.25) is 0 Å². The highest BCUT2D eigenvalue weighted by atomic mass is 16.5. The van der Waals surface area contributed by atoms with Crippen LogP contribution in [-0.4, -0.2) is 53.2 Å². The van der Waals surface area contributed by atoms with Gasteiger partial charge in [-0.05, 0) is 26.8 Å². The molecule has 0 saturated carbocycles. The number of aromatic nitrogens is 3. The smallest absolute Gasteiger partial charge is 0.293 e. The summed E-state index contributed by atoms with van der Waals surface area (Å²) < 4.78 is 4.55. The van der Waals surface area contributed by atoms with Gasteiger partial charge in [-0.2, -0.15) is 0 Å². The second-order valence-corrected chi connectivity index (χ2v) is 6.00. The predicted octanol–water partition coefficient (Wildman–Crippen LogP) is 1.33. The van der Waals surface area contributed by atoms with Crippen molar-refractivity contribution >= 4 is 23.3 Å². The number of rotatable bonds is 2. The molecule has 3 heterocycles. The van der Waals surface area contributed by atoms with Crippen LogP contribution in [0.3, 0.4) is 0 Å². The molecule has 0 aliphatic carbocycles. The maximum absolute atomic E-state index is 9.60. The molecular weight excluding hydrogens is 282 g/mol. The van der Waals surface area contributed by atoms with Crippen LogP contribution in [0.25, 0.3) is 11.0 Å². The van der Waals surface area contributed by atoms with E-state index >= 15 is 0 Å². The second-order valence-electron chi connectivity index (χ2n) is 6.00. The molecule has 3 rings (SSSR count). The molecule has 2 aromatic heterocycles. The Balaban J connectivity index is 0.000000217. The van der Waals surface area contributed by atoms with Gasteiger partial charge in [-0.15, -0.1) is 0 Å². The zero-order chi connectivity index (χ0) is 16.0. The lowest BCUT2D eigenvalue weighted by Crippen LogP contribution is -2.43. The first-order valence-electron chi connectivity index (χ1n) is 7.36. The third-order valence-corrected chi connectivity index (χ3v) is 3.15.